The summed E-state index contributed by atoms with van der Waals surface area (Å²) < 4.78 is 0. The van der Waals surface area contributed by atoms with Crippen molar-refractivity contribution in [1.29, 1.82) is 0 Å². The minimum Gasteiger partial charge on any atom is -0.322 e. The molecule has 39 heavy (non-hydrogen) atoms. The van der Waals surface area contributed by atoms with Gasteiger partial charge in [-0.15, -0.1) is 0 Å². The summed E-state index contributed by atoms with van der Waals surface area (Å²) in [5.41, 5.74) is 3.37. The first-order chi connectivity index (χ1) is 18.9. The van der Waals surface area contributed by atoms with Gasteiger partial charge in [0.05, 0.1) is 10.6 Å². The molecule has 0 bridgehead atoms. The summed E-state index contributed by atoms with van der Waals surface area (Å²) in [5.74, 6) is -0.749. The minimum absolute atomic E-state index is 0.111. The molecule has 0 radical (unpaired) electrons. The topological polar surface area (TPSA) is 74.1 Å². The second kappa shape index (κ2) is 11.9. The molecule has 2 aromatic rings. The molecule has 7 nitrogen and oxygen atoms in total. The number of imide groups is 1. The molecule has 2 saturated heterocycles. The van der Waals surface area contributed by atoms with E-state index in [9.17, 15) is 14.4 Å². The lowest BCUT2D eigenvalue weighted by Gasteiger charge is -2.34. The lowest BCUT2D eigenvalue weighted by atomic mass is 9.81. The number of hydrogen-bond donors (Lipinski definition) is 1. The van der Waals surface area contributed by atoms with Crippen LogP contribution in [0.5, 0.6) is 0 Å². The summed E-state index contributed by atoms with van der Waals surface area (Å²) in [6.45, 7) is 11.2. The molecular formula is C31H35ClN4O3. The van der Waals surface area contributed by atoms with Crippen molar-refractivity contribution in [1.82, 2.24) is 15.1 Å². The predicted octanol–water partition coefficient (Wildman–Crippen LogP) is 5.11. The molecule has 3 aliphatic rings. The number of benzene rings is 2. The van der Waals surface area contributed by atoms with Crippen LogP contribution in [0.4, 0.5) is 0 Å². The van der Waals surface area contributed by atoms with Gasteiger partial charge < -0.3 is 14.6 Å². The Hall–Kier alpha value is -3.21. The van der Waals surface area contributed by atoms with E-state index in [4.69, 9.17) is 18.2 Å². The molecule has 0 aromatic heterocycles. The second-order valence-electron chi connectivity index (χ2n) is 11.0. The van der Waals surface area contributed by atoms with Gasteiger partial charge in [0.25, 0.3) is 11.4 Å². The average molecular weight is 547 g/mol. The van der Waals surface area contributed by atoms with E-state index in [2.05, 4.69) is 21.1 Å². The van der Waals surface area contributed by atoms with Crippen LogP contribution in [-0.4, -0.2) is 53.2 Å². The van der Waals surface area contributed by atoms with Crippen molar-refractivity contribution >= 4 is 29.3 Å². The molecule has 204 valence electrons. The first-order valence-electron chi connectivity index (χ1n) is 14.0. The molecule has 5 rings (SSSR count). The highest BCUT2D eigenvalue weighted by atomic mass is 35.5. The van der Waals surface area contributed by atoms with Gasteiger partial charge in [-0.2, -0.15) is 0 Å². The van der Waals surface area contributed by atoms with Crippen molar-refractivity contribution in [2.45, 2.75) is 75.9 Å². The monoisotopic (exact) mass is 546 g/mol. The van der Waals surface area contributed by atoms with E-state index in [0.717, 1.165) is 75.7 Å². The van der Waals surface area contributed by atoms with Crippen LogP contribution in [0.1, 0.15) is 78.4 Å². The van der Waals surface area contributed by atoms with E-state index >= 15 is 0 Å². The van der Waals surface area contributed by atoms with Crippen LogP contribution >= 0.6 is 11.6 Å². The van der Waals surface area contributed by atoms with Gasteiger partial charge >= 0.3 is 0 Å². The summed E-state index contributed by atoms with van der Waals surface area (Å²) in [7, 11) is 0. The Bertz CT molecular complexity index is 1290. The summed E-state index contributed by atoms with van der Waals surface area (Å²) >= 11 is 6.43. The van der Waals surface area contributed by atoms with Gasteiger partial charge in [0, 0.05) is 44.5 Å². The minimum atomic E-state index is -0.574. The van der Waals surface area contributed by atoms with Gasteiger partial charge in [0.1, 0.15) is 6.04 Å². The Kier molecular flexibility index (Phi) is 8.34. The van der Waals surface area contributed by atoms with E-state index in [1.165, 1.54) is 5.56 Å². The number of carbonyl (C=O) groups is 3. The molecule has 2 aromatic carbocycles. The predicted molar refractivity (Wildman–Crippen MR) is 150 cm³/mol. The maximum absolute atomic E-state index is 13.0. The zero-order chi connectivity index (χ0) is 27.4. The number of hydrogen-bond acceptors (Lipinski definition) is 4. The van der Waals surface area contributed by atoms with Crippen molar-refractivity contribution in [3.63, 3.8) is 0 Å². The third-order valence-electron chi connectivity index (χ3n) is 8.62. The Morgan fingerprint density at radius 3 is 2.51 bits per heavy atom. The fourth-order valence-electron chi connectivity index (χ4n) is 6.31. The standard InChI is InChI=1S/C31H35ClN4O3/c1-33-31(25-12-5-6-13-26(25)32)16-19-35(20-17-31)18-7-3-2-4-9-22-10-8-11-23-24(22)21-36(30(23)39)27-14-15-28(37)34-29(27)38/h5-6,8,10-13,27H,2-4,7,9,14-21H2,(H,34,37,38). The van der Waals surface area contributed by atoms with Gasteiger partial charge in [0.15, 0.2) is 0 Å². The molecule has 8 heteroatoms. The largest absolute Gasteiger partial charge is 0.322 e. The third kappa shape index (κ3) is 5.73. The van der Waals surface area contributed by atoms with Crippen LogP contribution in [0, 0.1) is 6.57 Å². The molecule has 0 aliphatic carbocycles. The van der Waals surface area contributed by atoms with Gasteiger partial charge in [-0.3, -0.25) is 19.7 Å². The van der Waals surface area contributed by atoms with Gasteiger partial charge in [0.2, 0.25) is 11.8 Å². The number of amides is 3. The maximum Gasteiger partial charge on any atom is 0.261 e. The number of unbranched alkanes of at least 4 members (excludes halogenated alkanes) is 3. The first kappa shape index (κ1) is 27.4. The summed E-state index contributed by atoms with van der Waals surface area (Å²) in [4.78, 5) is 45.0. The molecular weight excluding hydrogens is 512 g/mol. The molecule has 1 atom stereocenters. The van der Waals surface area contributed by atoms with Crippen molar-refractivity contribution in [3.8, 4) is 0 Å². The van der Waals surface area contributed by atoms with Crippen LogP contribution < -0.4 is 5.32 Å². The molecule has 0 saturated carbocycles. The third-order valence-corrected chi connectivity index (χ3v) is 8.95. The smallest absolute Gasteiger partial charge is 0.261 e. The average Bonchev–Trinajstić information content (AvgIpc) is 3.28. The molecule has 3 amide bonds. The highest BCUT2D eigenvalue weighted by molar-refractivity contribution is 6.31. The van der Waals surface area contributed by atoms with E-state index in [1.54, 1.807) is 4.90 Å². The van der Waals surface area contributed by atoms with Crippen LogP contribution in [0.2, 0.25) is 5.02 Å². The van der Waals surface area contributed by atoms with Crippen LogP contribution in [-0.2, 0) is 28.1 Å². The first-order valence-corrected chi connectivity index (χ1v) is 14.4. The summed E-state index contributed by atoms with van der Waals surface area (Å²) in [6, 6.07) is 13.1. The Morgan fingerprint density at radius 2 is 1.77 bits per heavy atom. The highest BCUT2D eigenvalue weighted by Crippen LogP contribution is 2.40. The Morgan fingerprint density at radius 1 is 1.00 bits per heavy atom. The number of nitrogens with one attached hydrogen (secondary N) is 1. The van der Waals surface area contributed by atoms with Crippen LogP contribution in [0.25, 0.3) is 4.85 Å². The van der Waals surface area contributed by atoms with Crippen molar-refractivity contribution in [2.24, 2.45) is 0 Å². The van der Waals surface area contributed by atoms with Crippen molar-refractivity contribution < 1.29 is 14.4 Å². The zero-order valence-electron chi connectivity index (χ0n) is 22.3. The molecule has 1 unspecified atom stereocenters. The lowest BCUT2D eigenvalue weighted by molar-refractivity contribution is -0.136. The van der Waals surface area contributed by atoms with Gasteiger partial charge in [-0.1, -0.05) is 48.7 Å². The van der Waals surface area contributed by atoms with E-state index < -0.39 is 11.6 Å². The second-order valence-corrected chi connectivity index (χ2v) is 11.4. The van der Waals surface area contributed by atoms with E-state index in [1.807, 2.05) is 36.4 Å². The molecule has 0 spiro atoms. The number of carbonyl (C=O) groups excluding carboxylic acids is 3. The molecule has 3 heterocycles. The van der Waals surface area contributed by atoms with Crippen LogP contribution in [0.3, 0.4) is 0 Å². The van der Waals surface area contributed by atoms with Crippen LogP contribution in [0.15, 0.2) is 42.5 Å². The zero-order valence-corrected chi connectivity index (χ0v) is 23.0. The maximum atomic E-state index is 13.0. The molecule has 1 N–H and O–H groups in total. The SMILES string of the molecule is [C-]#[N+]C1(c2ccccc2Cl)CCN(CCCCCCc2cccc3c2CN(C2CCC(=O)NC2=O)C3=O)CC1. The van der Waals surface area contributed by atoms with Gasteiger partial charge in [-0.25, -0.2) is 6.57 Å². The Labute approximate surface area is 235 Å². The number of halogens is 1. The fraction of sp³-hybridized carbons (Fsp3) is 0.484. The van der Waals surface area contributed by atoms with E-state index in [0.29, 0.717) is 23.6 Å². The van der Waals surface area contributed by atoms with Gasteiger partial charge in [-0.05, 0) is 61.6 Å². The molecule has 2 fully saturated rings. The van der Waals surface area contributed by atoms with Crippen molar-refractivity contribution in [2.75, 3.05) is 19.6 Å². The number of fused-ring (bicyclic) bond motifs is 1. The van der Waals surface area contributed by atoms with Crippen molar-refractivity contribution in [3.05, 3.63) is 81.2 Å². The normalized spacial score (nSPS) is 21.0. The number of likely N-dealkylation sites (tertiary alicyclic amines) is 1. The number of aryl methyl sites for hydroxylation is 1. The highest BCUT2D eigenvalue weighted by Gasteiger charge is 2.43. The summed E-state index contributed by atoms with van der Waals surface area (Å²) in [5, 5.41) is 3.06. The lowest BCUT2D eigenvalue weighted by Crippen LogP contribution is -2.52. The summed E-state index contributed by atoms with van der Waals surface area (Å²) in [6.07, 6.45) is 7.64. The number of piperidine rings is 2. The fourth-order valence-corrected chi connectivity index (χ4v) is 6.63. The number of nitrogens with zero attached hydrogens (tertiary/aromatic N) is 3. The molecule has 3 aliphatic heterocycles. The van der Waals surface area contributed by atoms with E-state index in [-0.39, 0.29) is 24.1 Å². The Balaban J connectivity index is 1.06. The quantitative estimate of drug-likeness (QED) is 0.269. The number of rotatable bonds is 9.